The van der Waals surface area contributed by atoms with Crippen LogP contribution < -0.4 is 18.1 Å². The maximum atomic E-state index is 5.62. The van der Waals surface area contributed by atoms with Gasteiger partial charge in [-0.2, -0.15) is 0 Å². The minimum atomic E-state index is 0. The zero-order valence-corrected chi connectivity index (χ0v) is 6.80. The number of nitrogens with zero attached hydrogens (tertiary/aromatic N) is 2. The fourth-order valence-electron chi connectivity index (χ4n) is 1.38. The average Bonchev–Trinajstić information content (AvgIpc) is 2.36. The lowest BCUT2D eigenvalue weighted by molar-refractivity contribution is -0.00000226. The summed E-state index contributed by atoms with van der Waals surface area (Å²) in [5.74, 6) is 0.669. The number of anilines is 1. The highest BCUT2D eigenvalue weighted by Gasteiger charge is 2.14. The third-order valence-corrected chi connectivity index (χ3v) is 1.91. The van der Waals surface area contributed by atoms with Crippen LogP contribution in [0.25, 0.3) is 0 Å². The second-order valence-electron chi connectivity index (χ2n) is 2.54. The van der Waals surface area contributed by atoms with Crippen molar-refractivity contribution in [1.82, 2.24) is 9.97 Å². The SMILES string of the molecule is Nc1ncnc2c1CCC2.[Cl-]. The van der Waals surface area contributed by atoms with Gasteiger partial charge < -0.3 is 18.1 Å². The van der Waals surface area contributed by atoms with E-state index in [2.05, 4.69) is 9.97 Å². The summed E-state index contributed by atoms with van der Waals surface area (Å²) >= 11 is 0. The summed E-state index contributed by atoms with van der Waals surface area (Å²) in [7, 11) is 0. The van der Waals surface area contributed by atoms with Crippen LogP contribution in [0.2, 0.25) is 0 Å². The first-order valence-corrected chi connectivity index (χ1v) is 3.46. The number of nitrogens with two attached hydrogens (primary N) is 1. The van der Waals surface area contributed by atoms with Gasteiger partial charge in [0.25, 0.3) is 0 Å². The van der Waals surface area contributed by atoms with Crippen LogP contribution in [0.4, 0.5) is 5.82 Å². The van der Waals surface area contributed by atoms with Crippen molar-refractivity contribution in [2.75, 3.05) is 5.73 Å². The quantitative estimate of drug-likeness (QED) is 0.471. The smallest absolute Gasteiger partial charge is 0.130 e. The van der Waals surface area contributed by atoms with E-state index in [0.717, 1.165) is 18.5 Å². The van der Waals surface area contributed by atoms with Crippen LogP contribution >= 0.6 is 0 Å². The van der Waals surface area contributed by atoms with Gasteiger partial charge in [0.1, 0.15) is 12.1 Å². The van der Waals surface area contributed by atoms with Gasteiger partial charge in [-0.25, -0.2) is 9.97 Å². The number of aromatic nitrogens is 2. The molecule has 0 saturated heterocycles. The number of fused-ring (bicyclic) bond motifs is 1. The molecule has 0 aliphatic heterocycles. The highest BCUT2D eigenvalue weighted by atomic mass is 35.5. The Morgan fingerprint density at radius 2 is 2.09 bits per heavy atom. The number of hydrogen-bond donors (Lipinski definition) is 1. The van der Waals surface area contributed by atoms with Crippen LogP contribution in [-0.4, -0.2) is 9.97 Å². The number of halogens is 1. The zero-order chi connectivity index (χ0) is 6.97. The van der Waals surface area contributed by atoms with Gasteiger partial charge in [0.2, 0.25) is 0 Å². The Balaban J connectivity index is 0.000000605. The molecule has 60 valence electrons. The Labute approximate surface area is 71.5 Å². The molecule has 0 amide bonds. The van der Waals surface area contributed by atoms with Gasteiger partial charge in [-0.3, -0.25) is 0 Å². The lowest BCUT2D eigenvalue weighted by Crippen LogP contribution is -3.00. The first-order chi connectivity index (χ1) is 4.88. The third kappa shape index (κ3) is 1.28. The van der Waals surface area contributed by atoms with Crippen molar-refractivity contribution in [2.45, 2.75) is 19.3 Å². The molecule has 1 aliphatic rings. The predicted octanol–water partition coefficient (Wildman–Crippen LogP) is -2.45. The fourth-order valence-corrected chi connectivity index (χ4v) is 1.38. The second-order valence-corrected chi connectivity index (χ2v) is 2.54. The van der Waals surface area contributed by atoms with Crippen molar-refractivity contribution >= 4 is 5.82 Å². The molecule has 2 N–H and O–H groups in total. The average molecular weight is 171 g/mol. The first kappa shape index (κ1) is 8.27. The molecule has 4 heteroatoms. The molecular weight excluding hydrogens is 162 g/mol. The molecule has 0 fully saturated rings. The Morgan fingerprint density at radius 3 is 2.82 bits per heavy atom. The number of aryl methyl sites for hydroxylation is 1. The van der Waals surface area contributed by atoms with Crippen LogP contribution in [0.3, 0.4) is 0 Å². The van der Waals surface area contributed by atoms with Crippen molar-refractivity contribution in [3.05, 3.63) is 17.6 Å². The van der Waals surface area contributed by atoms with Crippen LogP contribution in [0.15, 0.2) is 6.33 Å². The second kappa shape index (κ2) is 3.05. The molecule has 0 aromatic carbocycles. The molecule has 1 aromatic rings. The minimum absolute atomic E-state index is 0. The normalized spacial score (nSPS) is 13.8. The van der Waals surface area contributed by atoms with Gasteiger partial charge in [0.15, 0.2) is 0 Å². The predicted molar refractivity (Wildman–Crippen MR) is 38.5 cm³/mol. The summed E-state index contributed by atoms with van der Waals surface area (Å²) in [5, 5.41) is 0. The van der Waals surface area contributed by atoms with Gasteiger partial charge in [-0.15, -0.1) is 0 Å². The van der Waals surface area contributed by atoms with Crippen LogP contribution in [-0.2, 0) is 12.8 Å². The lowest BCUT2D eigenvalue weighted by Gasteiger charge is -1.98. The standard InChI is InChI=1S/C7H9N3.ClH/c8-7-5-2-1-3-6(5)9-4-10-7;/h4H,1-3H2,(H2,8,9,10);1H/p-1. The molecule has 11 heavy (non-hydrogen) atoms. The Morgan fingerprint density at radius 1 is 1.27 bits per heavy atom. The Bertz CT molecular complexity index is 262. The molecule has 1 aromatic heterocycles. The summed E-state index contributed by atoms with van der Waals surface area (Å²) in [6.45, 7) is 0. The van der Waals surface area contributed by atoms with Crippen molar-refractivity contribution in [2.24, 2.45) is 0 Å². The van der Waals surface area contributed by atoms with Crippen molar-refractivity contribution in [3.63, 3.8) is 0 Å². The minimum Gasteiger partial charge on any atom is -1.00 e. The van der Waals surface area contributed by atoms with Crippen molar-refractivity contribution in [1.29, 1.82) is 0 Å². The van der Waals surface area contributed by atoms with E-state index in [4.69, 9.17) is 5.73 Å². The summed E-state index contributed by atoms with van der Waals surface area (Å²) in [6.07, 6.45) is 4.85. The topological polar surface area (TPSA) is 51.8 Å². The molecule has 1 heterocycles. The van der Waals surface area contributed by atoms with Gasteiger partial charge >= 0.3 is 0 Å². The summed E-state index contributed by atoms with van der Waals surface area (Å²) in [6, 6.07) is 0. The van der Waals surface area contributed by atoms with Gasteiger partial charge in [-0.05, 0) is 19.3 Å². The van der Waals surface area contributed by atoms with Gasteiger partial charge in [0.05, 0.1) is 0 Å². The molecular formula is C7H9ClN3-. The monoisotopic (exact) mass is 170 g/mol. The molecule has 1 aliphatic carbocycles. The molecule has 0 atom stereocenters. The Kier molecular flexibility index (Phi) is 2.29. The van der Waals surface area contributed by atoms with E-state index >= 15 is 0 Å². The van der Waals surface area contributed by atoms with E-state index in [1.807, 2.05) is 0 Å². The van der Waals surface area contributed by atoms with Gasteiger partial charge in [-0.1, -0.05) is 0 Å². The number of rotatable bonds is 0. The summed E-state index contributed by atoms with van der Waals surface area (Å²) in [5.41, 5.74) is 7.94. The third-order valence-electron chi connectivity index (χ3n) is 1.91. The Hall–Kier alpha value is -0.830. The maximum absolute atomic E-state index is 5.62. The number of hydrogen-bond acceptors (Lipinski definition) is 3. The molecule has 3 nitrogen and oxygen atoms in total. The van der Waals surface area contributed by atoms with Crippen molar-refractivity contribution < 1.29 is 12.4 Å². The molecule has 0 radical (unpaired) electrons. The molecule has 0 spiro atoms. The highest BCUT2D eigenvalue weighted by molar-refractivity contribution is 5.43. The van der Waals surface area contributed by atoms with Crippen LogP contribution in [0.1, 0.15) is 17.7 Å². The molecule has 0 bridgehead atoms. The van der Waals surface area contributed by atoms with E-state index in [9.17, 15) is 0 Å². The van der Waals surface area contributed by atoms with E-state index in [0.29, 0.717) is 5.82 Å². The fraction of sp³-hybridized carbons (Fsp3) is 0.429. The van der Waals surface area contributed by atoms with E-state index in [1.165, 1.54) is 12.0 Å². The largest absolute Gasteiger partial charge is 1.00 e. The highest BCUT2D eigenvalue weighted by Crippen LogP contribution is 2.22. The van der Waals surface area contributed by atoms with Crippen LogP contribution in [0.5, 0.6) is 0 Å². The number of nitrogen functional groups attached to an aromatic ring is 1. The zero-order valence-electron chi connectivity index (χ0n) is 6.05. The van der Waals surface area contributed by atoms with Crippen LogP contribution in [0, 0.1) is 0 Å². The lowest BCUT2D eigenvalue weighted by atomic mass is 10.2. The van der Waals surface area contributed by atoms with E-state index in [-0.39, 0.29) is 12.4 Å². The van der Waals surface area contributed by atoms with E-state index < -0.39 is 0 Å². The summed E-state index contributed by atoms with van der Waals surface area (Å²) in [4.78, 5) is 8.05. The first-order valence-electron chi connectivity index (χ1n) is 3.46. The van der Waals surface area contributed by atoms with Gasteiger partial charge in [0, 0.05) is 11.3 Å². The summed E-state index contributed by atoms with van der Waals surface area (Å²) < 4.78 is 0. The van der Waals surface area contributed by atoms with Crippen molar-refractivity contribution in [3.8, 4) is 0 Å². The maximum Gasteiger partial charge on any atom is 0.130 e. The van der Waals surface area contributed by atoms with E-state index in [1.54, 1.807) is 6.33 Å². The molecule has 0 saturated carbocycles. The molecule has 0 unspecified atom stereocenters. The molecule has 2 rings (SSSR count).